The largest absolute Gasteiger partial charge is 0.462 e. The zero-order valence-electron chi connectivity index (χ0n) is 13.7. The molecule has 0 unspecified atom stereocenters. The lowest BCUT2D eigenvalue weighted by atomic mass is 9.98. The van der Waals surface area contributed by atoms with Crippen LogP contribution in [-0.2, 0) is 14.3 Å². The molecule has 0 radical (unpaired) electrons. The summed E-state index contributed by atoms with van der Waals surface area (Å²) in [6, 6.07) is 5.59. The van der Waals surface area contributed by atoms with Crippen LogP contribution in [0.2, 0.25) is 0 Å². The Morgan fingerprint density at radius 2 is 1.92 bits per heavy atom. The van der Waals surface area contributed by atoms with Gasteiger partial charge in [0, 0.05) is 17.7 Å². The number of carbonyl (C=O) groups excluding carboxylic acids is 2. The number of nitro groups is 1. The summed E-state index contributed by atoms with van der Waals surface area (Å²) in [5, 5.41) is 10.7. The molecule has 1 aliphatic carbocycles. The molecule has 6 heteroatoms. The molecule has 0 aliphatic heterocycles. The number of hydrogen-bond donors (Lipinski definition) is 0. The van der Waals surface area contributed by atoms with Gasteiger partial charge in [0.05, 0.1) is 11.5 Å². The summed E-state index contributed by atoms with van der Waals surface area (Å²) in [6.07, 6.45) is 10.6. The number of allylic oxidation sites excluding steroid dienone is 6. The van der Waals surface area contributed by atoms with E-state index in [1.54, 1.807) is 25.2 Å². The molecule has 0 spiro atoms. The van der Waals surface area contributed by atoms with E-state index in [0.717, 1.165) is 0 Å². The molecule has 128 valence electrons. The molecule has 0 bridgehead atoms. The molecule has 0 fully saturated rings. The Labute approximate surface area is 145 Å². The van der Waals surface area contributed by atoms with Gasteiger partial charge < -0.3 is 4.74 Å². The molecule has 25 heavy (non-hydrogen) atoms. The summed E-state index contributed by atoms with van der Waals surface area (Å²) in [4.78, 5) is 35.1. The van der Waals surface area contributed by atoms with Crippen molar-refractivity contribution < 1.29 is 19.2 Å². The maximum Gasteiger partial charge on any atom is 0.342 e. The number of hydrogen-bond acceptors (Lipinski definition) is 5. The SMILES string of the molecule is CCOC(=O)/C(=C/c1ccc([N+](=O)[O-])cc1)C(=O)C1=CC=CC=CC1. The molecule has 0 heterocycles. The quantitative estimate of drug-likeness (QED) is 0.197. The Hall–Kier alpha value is -3.28. The second-order valence-corrected chi connectivity index (χ2v) is 5.17. The van der Waals surface area contributed by atoms with E-state index < -0.39 is 16.7 Å². The van der Waals surface area contributed by atoms with Crippen LogP contribution in [-0.4, -0.2) is 23.3 Å². The minimum atomic E-state index is -0.719. The number of ketones is 1. The Kier molecular flexibility index (Phi) is 6.17. The van der Waals surface area contributed by atoms with E-state index in [1.807, 2.05) is 12.2 Å². The van der Waals surface area contributed by atoms with Gasteiger partial charge in [-0.05, 0) is 37.1 Å². The molecule has 0 amide bonds. The van der Waals surface area contributed by atoms with Gasteiger partial charge in [-0.3, -0.25) is 14.9 Å². The molecule has 6 nitrogen and oxygen atoms in total. The van der Waals surface area contributed by atoms with Gasteiger partial charge in [0.25, 0.3) is 5.69 Å². The predicted molar refractivity (Wildman–Crippen MR) is 93.7 cm³/mol. The molecule has 1 aromatic carbocycles. The fraction of sp³-hybridized carbons (Fsp3) is 0.158. The van der Waals surface area contributed by atoms with E-state index >= 15 is 0 Å². The third-order valence-corrected chi connectivity index (χ3v) is 3.44. The zero-order valence-corrected chi connectivity index (χ0v) is 13.7. The number of nitrogens with zero attached hydrogens (tertiary/aromatic N) is 1. The maximum atomic E-state index is 12.7. The summed E-state index contributed by atoms with van der Waals surface area (Å²) in [6.45, 7) is 1.80. The number of non-ortho nitro benzene ring substituents is 1. The van der Waals surface area contributed by atoms with Gasteiger partial charge in [0.1, 0.15) is 5.57 Å². The smallest absolute Gasteiger partial charge is 0.342 e. The van der Waals surface area contributed by atoms with Crippen molar-refractivity contribution in [1.82, 2.24) is 0 Å². The first-order chi connectivity index (χ1) is 12.0. The van der Waals surface area contributed by atoms with Gasteiger partial charge in [0.15, 0.2) is 5.78 Å². The van der Waals surface area contributed by atoms with Crippen LogP contribution in [0.1, 0.15) is 18.9 Å². The van der Waals surface area contributed by atoms with Crippen molar-refractivity contribution in [1.29, 1.82) is 0 Å². The number of ether oxygens (including phenoxy) is 1. The van der Waals surface area contributed by atoms with Crippen molar-refractivity contribution in [3.63, 3.8) is 0 Å². The number of rotatable bonds is 6. The minimum Gasteiger partial charge on any atom is -0.462 e. The van der Waals surface area contributed by atoms with Gasteiger partial charge >= 0.3 is 5.97 Å². The number of carbonyl (C=O) groups is 2. The molecular formula is C19H17NO5. The lowest BCUT2D eigenvalue weighted by molar-refractivity contribution is -0.384. The first kappa shape index (κ1) is 18.1. The van der Waals surface area contributed by atoms with Gasteiger partial charge in [-0.25, -0.2) is 4.79 Å². The van der Waals surface area contributed by atoms with Crippen LogP contribution in [0.25, 0.3) is 6.08 Å². The van der Waals surface area contributed by atoms with Crippen LogP contribution < -0.4 is 0 Å². The summed E-state index contributed by atoms with van der Waals surface area (Å²) < 4.78 is 4.98. The van der Waals surface area contributed by atoms with E-state index in [4.69, 9.17) is 4.74 Å². The van der Waals surface area contributed by atoms with Crippen molar-refractivity contribution in [2.45, 2.75) is 13.3 Å². The number of esters is 1. The van der Waals surface area contributed by atoms with Gasteiger partial charge in [-0.15, -0.1) is 0 Å². The van der Waals surface area contributed by atoms with Gasteiger partial charge in [-0.2, -0.15) is 0 Å². The molecule has 1 aromatic rings. The topological polar surface area (TPSA) is 86.5 Å². The van der Waals surface area contributed by atoms with Gasteiger partial charge in [-0.1, -0.05) is 30.4 Å². The summed E-state index contributed by atoms with van der Waals surface area (Å²) >= 11 is 0. The van der Waals surface area contributed by atoms with Crippen molar-refractivity contribution in [2.24, 2.45) is 0 Å². The maximum absolute atomic E-state index is 12.7. The highest BCUT2D eigenvalue weighted by atomic mass is 16.6. The molecule has 0 saturated heterocycles. The summed E-state index contributed by atoms with van der Waals surface area (Å²) in [7, 11) is 0. The standard InChI is InChI=1S/C19H17NO5/c1-2-25-19(22)17(18(21)15-7-5-3-4-6-8-15)13-14-9-11-16(12-10-14)20(23)24/h3-7,9-13H,2,8H2,1H3/b17-13+. The van der Waals surface area contributed by atoms with Crippen LogP contribution in [0.5, 0.6) is 0 Å². The summed E-state index contributed by atoms with van der Waals surface area (Å²) in [5.41, 5.74) is 0.794. The number of benzene rings is 1. The molecule has 0 atom stereocenters. The fourth-order valence-electron chi connectivity index (χ4n) is 2.20. The van der Waals surface area contributed by atoms with Crippen LogP contribution in [0, 0.1) is 10.1 Å². The summed E-state index contributed by atoms with van der Waals surface area (Å²) in [5.74, 6) is -1.14. The highest BCUT2D eigenvalue weighted by molar-refractivity contribution is 6.26. The van der Waals surface area contributed by atoms with Crippen LogP contribution >= 0.6 is 0 Å². The van der Waals surface area contributed by atoms with E-state index in [1.165, 1.54) is 30.3 Å². The third kappa shape index (κ3) is 4.84. The average molecular weight is 339 g/mol. The zero-order chi connectivity index (χ0) is 18.2. The fourth-order valence-corrected chi connectivity index (χ4v) is 2.20. The highest BCUT2D eigenvalue weighted by Gasteiger charge is 2.22. The van der Waals surface area contributed by atoms with Gasteiger partial charge in [0.2, 0.25) is 0 Å². The van der Waals surface area contributed by atoms with E-state index in [-0.39, 0.29) is 17.9 Å². The van der Waals surface area contributed by atoms with Crippen molar-refractivity contribution >= 4 is 23.5 Å². The number of Topliss-reactive ketones (excluding diaryl/α,β-unsaturated/α-hetero) is 1. The predicted octanol–water partition coefficient (Wildman–Crippen LogP) is 3.55. The van der Waals surface area contributed by atoms with Crippen molar-refractivity contribution in [3.05, 3.63) is 81.5 Å². The Morgan fingerprint density at radius 3 is 2.56 bits per heavy atom. The molecule has 1 aliphatic rings. The van der Waals surface area contributed by atoms with Crippen LogP contribution in [0.3, 0.4) is 0 Å². The monoisotopic (exact) mass is 339 g/mol. The second-order valence-electron chi connectivity index (χ2n) is 5.17. The van der Waals surface area contributed by atoms with E-state index in [2.05, 4.69) is 0 Å². The Balaban J connectivity index is 2.38. The normalized spacial score (nSPS) is 13.8. The minimum absolute atomic E-state index is 0.0667. The van der Waals surface area contributed by atoms with Crippen molar-refractivity contribution in [3.8, 4) is 0 Å². The third-order valence-electron chi connectivity index (χ3n) is 3.44. The Morgan fingerprint density at radius 1 is 1.20 bits per heavy atom. The van der Waals surface area contributed by atoms with Crippen molar-refractivity contribution in [2.75, 3.05) is 6.61 Å². The first-order valence-electron chi connectivity index (χ1n) is 7.73. The average Bonchev–Trinajstić information content (AvgIpc) is 2.89. The molecule has 0 N–H and O–H groups in total. The molecule has 0 aromatic heterocycles. The van der Waals surface area contributed by atoms with Crippen LogP contribution in [0.15, 0.2) is 65.8 Å². The highest BCUT2D eigenvalue weighted by Crippen LogP contribution is 2.19. The molecule has 0 saturated carbocycles. The first-order valence-corrected chi connectivity index (χ1v) is 7.73. The number of nitro benzene ring substituents is 1. The lowest BCUT2D eigenvalue weighted by Gasteiger charge is -2.08. The lowest BCUT2D eigenvalue weighted by Crippen LogP contribution is -2.17. The molecule has 2 rings (SSSR count). The van der Waals surface area contributed by atoms with E-state index in [9.17, 15) is 19.7 Å². The van der Waals surface area contributed by atoms with Crippen LogP contribution in [0.4, 0.5) is 5.69 Å². The van der Waals surface area contributed by atoms with E-state index in [0.29, 0.717) is 17.6 Å². The Bertz CT molecular complexity index is 798. The second kappa shape index (κ2) is 8.54. The molecular weight excluding hydrogens is 322 g/mol.